The SMILES string of the molecule is CCc1cc(S(=O)(=O)[O-])cc(CC)c1N=C(C)CC(C)=Nc1c(CC)cc(S(=O)(=O)O)cc1CC.[Na+]. The molecule has 2 aromatic carbocycles. The summed E-state index contributed by atoms with van der Waals surface area (Å²) < 4.78 is 67.4. The van der Waals surface area contributed by atoms with Gasteiger partial charge in [0.15, 0.2) is 0 Å². The van der Waals surface area contributed by atoms with Crippen molar-refractivity contribution in [3.8, 4) is 0 Å². The molecule has 0 unspecified atom stereocenters. The molecule has 0 amide bonds. The topological polar surface area (TPSA) is 136 Å². The smallest absolute Gasteiger partial charge is 0.744 e. The molecule has 0 spiro atoms. The van der Waals surface area contributed by atoms with E-state index in [4.69, 9.17) is 9.98 Å². The number of nitrogens with zero attached hydrogens (tertiary/aromatic N) is 2. The van der Waals surface area contributed by atoms with Crippen molar-refractivity contribution < 1.29 is 55.5 Å². The minimum Gasteiger partial charge on any atom is -0.744 e. The zero-order valence-corrected chi connectivity index (χ0v) is 25.7. The second-order valence-electron chi connectivity index (χ2n) is 8.39. The van der Waals surface area contributed by atoms with Gasteiger partial charge in [0.25, 0.3) is 10.1 Å². The van der Waals surface area contributed by atoms with Gasteiger partial charge in [-0.25, -0.2) is 8.42 Å². The maximum atomic E-state index is 11.7. The Balaban J connectivity index is 0.00000648. The number of rotatable bonds is 10. The standard InChI is InChI=1S/C25H34N2O6S2.Na/c1-7-18-12-22(34(28,29)30)13-19(8-2)24(18)26-16(5)11-17(6)27-25-20(9-3)14-23(35(31,32)33)15-21(25)10-4;/h12-15H,7-11H2,1-6H3,(H,28,29,30)(H,31,32,33);/q;+1/p-1. The molecule has 0 aliphatic carbocycles. The van der Waals surface area contributed by atoms with Gasteiger partial charge in [0.2, 0.25) is 0 Å². The first-order chi connectivity index (χ1) is 16.2. The minimum absolute atomic E-state index is 0. The van der Waals surface area contributed by atoms with Gasteiger partial charge in [0.1, 0.15) is 10.1 Å². The number of hydrogen-bond acceptors (Lipinski definition) is 7. The van der Waals surface area contributed by atoms with Crippen molar-refractivity contribution in [2.24, 2.45) is 9.98 Å². The summed E-state index contributed by atoms with van der Waals surface area (Å²) in [5.74, 6) is 0. The Morgan fingerprint density at radius 2 is 1.03 bits per heavy atom. The largest absolute Gasteiger partial charge is 1.00 e. The predicted octanol–water partition coefficient (Wildman–Crippen LogP) is 2.37. The summed E-state index contributed by atoms with van der Waals surface area (Å²) in [5.41, 5.74) is 5.73. The molecule has 2 aromatic rings. The molecule has 36 heavy (non-hydrogen) atoms. The van der Waals surface area contributed by atoms with Gasteiger partial charge in [-0.05, 0) is 86.1 Å². The first kappa shape index (κ1) is 32.6. The van der Waals surface area contributed by atoms with Gasteiger partial charge in [-0.2, -0.15) is 8.42 Å². The van der Waals surface area contributed by atoms with Crippen LogP contribution in [0.15, 0.2) is 44.0 Å². The van der Waals surface area contributed by atoms with Gasteiger partial charge >= 0.3 is 29.6 Å². The fraction of sp³-hybridized carbons (Fsp3) is 0.440. The Bertz CT molecular complexity index is 1230. The maximum absolute atomic E-state index is 11.7. The van der Waals surface area contributed by atoms with E-state index in [0.29, 0.717) is 54.6 Å². The summed E-state index contributed by atoms with van der Waals surface area (Å²) >= 11 is 0. The molecule has 2 rings (SSSR count). The third-order valence-corrected chi connectivity index (χ3v) is 7.35. The number of aliphatic imine (C=N–C) groups is 2. The molecule has 192 valence electrons. The Morgan fingerprint density at radius 3 is 1.28 bits per heavy atom. The van der Waals surface area contributed by atoms with Crippen LogP contribution in [0.4, 0.5) is 11.4 Å². The number of benzene rings is 2. The molecular formula is C25H33N2NaO6S2. The van der Waals surface area contributed by atoms with Crippen LogP contribution < -0.4 is 29.6 Å². The van der Waals surface area contributed by atoms with Gasteiger partial charge < -0.3 is 4.55 Å². The van der Waals surface area contributed by atoms with Gasteiger partial charge in [0, 0.05) is 17.8 Å². The summed E-state index contributed by atoms with van der Waals surface area (Å²) in [6.45, 7) is 11.3. The Kier molecular flexibility index (Phi) is 12.2. The molecule has 0 aliphatic heterocycles. The van der Waals surface area contributed by atoms with Crippen molar-refractivity contribution in [2.75, 3.05) is 0 Å². The molecular weight excluding hydrogens is 511 g/mol. The van der Waals surface area contributed by atoms with Crippen LogP contribution >= 0.6 is 0 Å². The zero-order valence-electron chi connectivity index (χ0n) is 22.0. The van der Waals surface area contributed by atoms with Gasteiger partial charge in [0.05, 0.1) is 21.2 Å². The first-order valence-corrected chi connectivity index (χ1v) is 14.4. The Morgan fingerprint density at radius 1 is 0.722 bits per heavy atom. The van der Waals surface area contributed by atoms with Crippen molar-refractivity contribution in [2.45, 2.75) is 83.4 Å². The molecule has 0 radical (unpaired) electrons. The monoisotopic (exact) mass is 544 g/mol. The molecule has 8 nitrogen and oxygen atoms in total. The Hall–Kier alpha value is -1.40. The van der Waals surface area contributed by atoms with E-state index in [-0.39, 0.29) is 39.3 Å². The van der Waals surface area contributed by atoms with Crippen LogP contribution in [0.5, 0.6) is 0 Å². The molecule has 1 N–H and O–H groups in total. The van der Waals surface area contributed by atoms with Crippen LogP contribution in [0.1, 0.15) is 70.2 Å². The minimum atomic E-state index is -4.56. The fourth-order valence-electron chi connectivity index (χ4n) is 3.95. The number of aryl methyl sites for hydroxylation is 4. The zero-order chi connectivity index (χ0) is 26.6. The van der Waals surface area contributed by atoms with Gasteiger partial charge in [-0.3, -0.25) is 14.5 Å². The van der Waals surface area contributed by atoms with Gasteiger partial charge in [-0.1, -0.05) is 27.7 Å². The van der Waals surface area contributed by atoms with Crippen molar-refractivity contribution >= 4 is 43.0 Å². The van der Waals surface area contributed by atoms with Crippen LogP contribution in [0.25, 0.3) is 0 Å². The van der Waals surface area contributed by atoms with Crippen molar-refractivity contribution in [3.63, 3.8) is 0 Å². The van der Waals surface area contributed by atoms with E-state index >= 15 is 0 Å². The normalized spacial score (nSPS) is 13.0. The van der Waals surface area contributed by atoms with Crippen molar-refractivity contribution in [1.82, 2.24) is 0 Å². The average Bonchev–Trinajstić information content (AvgIpc) is 2.77. The second-order valence-corrected chi connectivity index (χ2v) is 11.2. The van der Waals surface area contributed by atoms with E-state index in [1.54, 1.807) is 0 Å². The summed E-state index contributed by atoms with van der Waals surface area (Å²) in [4.78, 5) is 9.16. The third-order valence-electron chi connectivity index (χ3n) is 5.71. The van der Waals surface area contributed by atoms with E-state index in [1.165, 1.54) is 24.3 Å². The number of hydrogen-bond donors (Lipinski definition) is 1. The quantitative estimate of drug-likeness (QED) is 0.277. The average molecular weight is 545 g/mol. The molecule has 0 heterocycles. The maximum Gasteiger partial charge on any atom is 1.00 e. The summed E-state index contributed by atoms with van der Waals surface area (Å²) in [6.07, 6.45) is 2.58. The van der Waals surface area contributed by atoms with Gasteiger partial charge in [-0.15, -0.1) is 0 Å². The molecule has 0 saturated heterocycles. The Labute approximate surface area is 237 Å². The van der Waals surface area contributed by atoms with Crippen LogP contribution in [0.2, 0.25) is 0 Å². The predicted molar refractivity (Wildman–Crippen MR) is 138 cm³/mol. The van der Waals surface area contributed by atoms with E-state index in [0.717, 1.165) is 22.6 Å². The second kappa shape index (κ2) is 13.4. The third kappa shape index (κ3) is 8.31. The molecule has 11 heteroatoms. The van der Waals surface area contributed by atoms with E-state index < -0.39 is 20.2 Å². The molecule has 0 aromatic heterocycles. The van der Waals surface area contributed by atoms with E-state index in [9.17, 15) is 25.9 Å². The van der Waals surface area contributed by atoms with Crippen molar-refractivity contribution in [1.29, 1.82) is 0 Å². The molecule has 0 bridgehead atoms. The molecule has 0 fully saturated rings. The summed E-state index contributed by atoms with van der Waals surface area (Å²) in [7, 11) is -8.88. The van der Waals surface area contributed by atoms with E-state index in [1.807, 2.05) is 41.5 Å². The van der Waals surface area contributed by atoms with Crippen molar-refractivity contribution in [3.05, 3.63) is 46.5 Å². The van der Waals surface area contributed by atoms with Crippen LogP contribution in [-0.4, -0.2) is 37.4 Å². The summed E-state index contributed by atoms with van der Waals surface area (Å²) in [5, 5.41) is 0. The first-order valence-electron chi connectivity index (χ1n) is 11.6. The molecule has 0 atom stereocenters. The van der Waals surface area contributed by atoms with E-state index in [2.05, 4.69) is 0 Å². The summed E-state index contributed by atoms with van der Waals surface area (Å²) in [6, 6.07) is 5.70. The molecule has 0 saturated carbocycles. The fourth-order valence-corrected chi connectivity index (χ4v) is 5.10. The van der Waals surface area contributed by atoms with Crippen LogP contribution in [0, 0.1) is 0 Å². The van der Waals surface area contributed by atoms with Crippen LogP contribution in [0.3, 0.4) is 0 Å². The van der Waals surface area contributed by atoms with Crippen LogP contribution in [-0.2, 0) is 45.9 Å². The molecule has 0 aliphatic rings.